The van der Waals surface area contributed by atoms with Gasteiger partial charge in [-0.2, -0.15) is 5.26 Å². The van der Waals surface area contributed by atoms with Crippen LogP contribution in [0.3, 0.4) is 0 Å². The highest BCUT2D eigenvalue weighted by molar-refractivity contribution is 6.30. The number of hydrogen-bond acceptors (Lipinski definition) is 7. The molecule has 0 amide bonds. The smallest absolute Gasteiger partial charge is 0.349 e. The van der Waals surface area contributed by atoms with E-state index in [2.05, 4.69) is 6.07 Å². The zero-order valence-corrected chi connectivity index (χ0v) is 23.4. The fraction of sp³-hybridized carbons (Fsp3) is 0.125. The summed E-state index contributed by atoms with van der Waals surface area (Å²) in [6.45, 7) is 1.88. The molecular weight excluding hydrogens is 563 g/mol. The highest BCUT2D eigenvalue weighted by Gasteiger charge is 2.31. The summed E-state index contributed by atoms with van der Waals surface area (Å²) in [4.78, 5) is 12.5. The highest BCUT2D eigenvalue weighted by Crippen LogP contribution is 2.44. The van der Waals surface area contributed by atoms with Crippen LogP contribution < -0.4 is 24.7 Å². The molecule has 1 heterocycles. The van der Waals surface area contributed by atoms with E-state index in [1.54, 1.807) is 36.4 Å². The molecule has 41 heavy (non-hydrogen) atoms. The third-order valence-corrected chi connectivity index (χ3v) is 6.90. The number of carbonyl (C=O) groups is 1. The summed E-state index contributed by atoms with van der Waals surface area (Å²) in [6, 6.07) is 27.1. The van der Waals surface area contributed by atoms with Crippen LogP contribution in [0.15, 0.2) is 96.4 Å². The molecular formula is C32H24Cl2N2O5. The predicted octanol–water partition coefficient (Wildman–Crippen LogP) is 7.08. The Bertz CT molecular complexity index is 1680. The van der Waals surface area contributed by atoms with Crippen LogP contribution in [0.2, 0.25) is 10.0 Å². The van der Waals surface area contributed by atoms with Gasteiger partial charge in [-0.25, -0.2) is 4.79 Å². The highest BCUT2D eigenvalue weighted by atomic mass is 35.5. The maximum Gasteiger partial charge on any atom is 0.349 e. The lowest BCUT2D eigenvalue weighted by Gasteiger charge is -2.27. The van der Waals surface area contributed by atoms with Crippen molar-refractivity contribution in [1.82, 2.24) is 0 Å². The zero-order valence-electron chi connectivity index (χ0n) is 21.9. The molecule has 0 radical (unpaired) electrons. The maximum atomic E-state index is 12.5. The Kier molecular flexibility index (Phi) is 8.34. The van der Waals surface area contributed by atoms with Crippen LogP contribution in [-0.2, 0) is 11.4 Å². The average molecular weight is 587 g/mol. The van der Waals surface area contributed by atoms with Gasteiger partial charge in [0.2, 0.25) is 5.88 Å². The first-order valence-electron chi connectivity index (χ1n) is 12.6. The molecule has 206 valence electrons. The Labute approximate surface area is 247 Å². The molecule has 1 unspecified atom stereocenters. The first-order chi connectivity index (χ1) is 19.8. The summed E-state index contributed by atoms with van der Waals surface area (Å²) in [7, 11) is 0. The van der Waals surface area contributed by atoms with Crippen LogP contribution in [0.25, 0.3) is 0 Å². The van der Waals surface area contributed by atoms with Crippen molar-refractivity contribution in [1.29, 1.82) is 5.26 Å². The number of ether oxygens (including phenoxy) is 4. The van der Waals surface area contributed by atoms with Gasteiger partial charge in [0.25, 0.3) is 0 Å². The van der Waals surface area contributed by atoms with Crippen LogP contribution in [-0.4, -0.2) is 12.6 Å². The normalized spacial score (nSPS) is 14.0. The molecule has 1 aliphatic rings. The van der Waals surface area contributed by atoms with Gasteiger partial charge in [0.15, 0.2) is 6.61 Å². The summed E-state index contributed by atoms with van der Waals surface area (Å²) in [5.41, 5.74) is 9.68. The quantitative estimate of drug-likeness (QED) is 0.174. The van der Waals surface area contributed by atoms with Crippen molar-refractivity contribution < 1.29 is 23.7 Å². The molecule has 0 saturated carbocycles. The van der Waals surface area contributed by atoms with Gasteiger partial charge in [0.05, 0.1) is 5.92 Å². The van der Waals surface area contributed by atoms with Crippen LogP contribution in [0.4, 0.5) is 0 Å². The Morgan fingerprint density at radius 3 is 2.49 bits per heavy atom. The van der Waals surface area contributed by atoms with Crippen molar-refractivity contribution in [2.24, 2.45) is 5.73 Å². The Hall–Kier alpha value is -4.64. The van der Waals surface area contributed by atoms with Gasteiger partial charge in [-0.15, -0.1) is 0 Å². The number of rotatable bonds is 8. The van der Waals surface area contributed by atoms with Gasteiger partial charge in [0.1, 0.15) is 41.2 Å². The maximum absolute atomic E-state index is 12.5. The molecule has 0 aromatic heterocycles. The average Bonchev–Trinajstić information content (AvgIpc) is 2.96. The van der Waals surface area contributed by atoms with Crippen LogP contribution in [0.5, 0.6) is 23.0 Å². The summed E-state index contributed by atoms with van der Waals surface area (Å²) in [5, 5.41) is 11.2. The second kappa shape index (κ2) is 12.3. The van der Waals surface area contributed by atoms with Crippen LogP contribution in [0.1, 0.15) is 28.2 Å². The molecule has 0 bridgehead atoms. The van der Waals surface area contributed by atoms with Crippen LogP contribution in [0, 0.1) is 18.3 Å². The Morgan fingerprint density at radius 2 is 1.73 bits per heavy atom. The number of halogens is 2. The van der Waals surface area contributed by atoms with E-state index in [0.29, 0.717) is 39.5 Å². The topological polar surface area (TPSA) is 104 Å². The minimum absolute atomic E-state index is 0.0255. The zero-order chi connectivity index (χ0) is 28.9. The molecule has 9 heteroatoms. The van der Waals surface area contributed by atoms with Crippen molar-refractivity contribution in [3.63, 3.8) is 0 Å². The van der Waals surface area contributed by atoms with Crippen molar-refractivity contribution in [3.8, 4) is 29.1 Å². The fourth-order valence-electron chi connectivity index (χ4n) is 4.45. The van der Waals surface area contributed by atoms with Gasteiger partial charge in [0, 0.05) is 21.7 Å². The van der Waals surface area contributed by atoms with Crippen molar-refractivity contribution in [3.05, 3.63) is 129 Å². The second-order valence-corrected chi connectivity index (χ2v) is 10.2. The lowest BCUT2D eigenvalue weighted by atomic mass is 9.83. The summed E-state index contributed by atoms with van der Waals surface area (Å²) >= 11 is 11.9. The first kappa shape index (κ1) is 27.9. The third kappa shape index (κ3) is 6.58. The molecule has 4 aromatic carbocycles. The Morgan fingerprint density at radius 1 is 0.951 bits per heavy atom. The van der Waals surface area contributed by atoms with E-state index < -0.39 is 11.9 Å². The number of nitriles is 1. The number of aryl methyl sites for hydroxylation is 1. The molecule has 0 spiro atoms. The standard InChI is InChI=1S/C32H24Cl2N2O5/c1-19-13-23(34)9-12-28(19)39-18-30(37)40-25-10-11-26-29(15-25)41-32(36)27(16-35)31(26)21-3-2-4-24(14-21)38-17-20-5-7-22(33)8-6-20/h2-15,31H,17-18,36H2,1H3. The summed E-state index contributed by atoms with van der Waals surface area (Å²) in [5.74, 6) is 0.646. The number of carbonyl (C=O) groups excluding carboxylic acids is 1. The number of fused-ring (bicyclic) bond motifs is 1. The molecule has 7 nitrogen and oxygen atoms in total. The molecule has 2 N–H and O–H groups in total. The van der Waals surface area contributed by atoms with E-state index in [9.17, 15) is 10.1 Å². The van der Waals surface area contributed by atoms with E-state index >= 15 is 0 Å². The number of benzene rings is 4. The molecule has 4 aromatic rings. The second-order valence-electron chi connectivity index (χ2n) is 9.28. The molecule has 1 atom stereocenters. The number of nitrogens with zero attached hydrogens (tertiary/aromatic N) is 1. The van der Waals surface area contributed by atoms with Gasteiger partial charge in [-0.1, -0.05) is 53.5 Å². The fourth-order valence-corrected chi connectivity index (χ4v) is 4.80. The van der Waals surface area contributed by atoms with Crippen molar-refractivity contribution >= 4 is 29.2 Å². The van der Waals surface area contributed by atoms with Gasteiger partial charge in [-0.3, -0.25) is 0 Å². The molecule has 1 aliphatic heterocycles. The van der Waals surface area contributed by atoms with E-state index in [1.807, 2.05) is 55.5 Å². The molecule has 0 fully saturated rings. The van der Waals surface area contributed by atoms with E-state index in [4.69, 9.17) is 47.9 Å². The van der Waals surface area contributed by atoms with Crippen molar-refractivity contribution in [2.45, 2.75) is 19.4 Å². The molecule has 0 saturated heterocycles. The number of esters is 1. The van der Waals surface area contributed by atoms with E-state index in [-0.39, 0.29) is 23.8 Å². The summed E-state index contributed by atoms with van der Waals surface area (Å²) in [6.07, 6.45) is 0. The number of hydrogen-bond donors (Lipinski definition) is 1. The largest absolute Gasteiger partial charge is 0.489 e. The molecule has 5 rings (SSSR count). The molecule has 0 aliphatic carbocycles. The van der Waals surface area contributed by atoms with Crippen LogP contribution >= 0.6 is 23.2 Å². The first-order valence-corrected chi connectivity index (χ1v) is 13.3. The lowest BCUT2D eigenvalue weighted by Crippen LogP contribution is -2.22. The third-order valence-electron chi connectivity index (χ3n) is 6.41. The SMILES string of the molecule is Cc1cc(Cl)ccc1OCC(=O)Oc1ccc2c(c1)OC(N)=C(C#N)C2c1cccc(OCc2ccc(Cl)cc2)c1. The van der Waals surface area contributed by atoms with E-state index in [0.717, 1.165) is 16.7 Å². The minimum atomic E-state index is -0.599. The number of allylic oxidation sites excluding steroid dienone is 1. The van der Waals surface area contributed by atoms with Gasteiger partial charge in [-0.05, 0) is 72.1 Å². The number of nitrogens with two attached hydrogens (primary N) is 1. The van der Waals surface area contributed by atoms with Gasteiger partial charge >= 0.3 is 5.97 Å². The van der Waals surface area contributed by atoms with Crippen molar-refractivity contribution in [2.75, 3.05) is 6.61 Å². The Balaban J connectivity index is 1.33. The monoisotopic (exact) mass is 586 g/mol. The summed E-state index contributed by atoms with van der Waals surface area (Å²) < 4.78 is 22.8. The predicted molar refractivity (Wildman–Crippen MR) is 155 cm³/mol. The minimum Gasteiger partial charge on any atom is -0.489 e. The van der Waals surface area contributed by atoms with E-state index in [1.165, 1.54) is 0 Å². The lowest BCUT2D eigenvalue weighted by molar-refractivity contribution is -0.136. The van der Waals surface area contributed by atoms with Gasteiger partial charge < -0.3 is 24.7 Å².